The van der Waals surface area contributed by atoms with E-state index >= 15 is 0 Å². The lowest BCUT2D eigenvalue weighted by Crippen LogP contribution is -2.37. The molecule has 2 atom stereocenters. The highest BCUT2D eigenvalue weighted by molar-refractivity contribution is 9.10. The van der Waals surface area contributed by atoms with E-state index in [1.165, 1.54) is 19.3 Å². The van der Waals surface area contributed by atoms with Crippen LogP contribution in [0.25, 0.3) is 0 Å². The molecule has 1 aromatic carbocycles. The Hall–Kier alpha value is -0.210. The molecule has 1 saturated carbocycles. The molecule has 0 spiro atoms. The van der Waals surface area contributed by atoms with Crippen LogP contribution in [-0.4, -0.2) is 6.04 Å². The maximum absolute atomic E-state index is 6.01. The lowest BCUT2D eigenvalue weighted by Gasteiger charge is -2.36. The van der Waals surface area contributed by atoms with Crippen molar-refractivity contribution in [2.24, 2.45) is 11.8 Å². The molecule has 0 bridgehead atoms. The Labute approximate surface area is 117 Å². The van der Waals surface area contributed by atoms with Gasteiger partial charge in [0.1, 0.15) is 0 Å². The van der Waals surface area contributed by atoms with Gasteiger partial charge in [-0.25, -0.2) is 0 Å². The minimum absolute atomic E-state index is 0.580. The van der Waals surface area contributed by atoms with Gasteiger partial charge in [-0.3, -0.25) is 0 Å². The Morgan fingerprint density at radius 3 is 2.47 bits per heavy atom. The Balaban J connectivity index is 2.10. The van der Waals surface area contributed by atoms with E-state index in [2.05, 4.69) is 47.2 Å². The van der Waals surface area contributed by atoms with Crippen molar-refractivity contribution >= 4 is 33.2 Å². The summed E-state index contributed by atoms with van der Waals surface area (Å²) in [6, 6.07) is 6.64. The zero-order valence-electron chi connectivity index (χ0n) is 10.3. The van der Waals surface area contributed by atoms with Crippen molar-refractivity contribution in [2.45, 2.75) is 39.2 Å². The Morgan fingerprint density at radius 1 is 1.24 bits per heavy atom. The summed E-state index contributed by atoms with van der Waals surface area (Å²) in [5, 5.41) is 4.42. The quantitative estimate of drug-likeness (QED) is 0.776. The van der Waals surface area contributed by atoms with Crippen LogP contribution in [0.4, 0.5) is 5.69 Å². The molecule has 2 unspecified atom stereocenters. The summed E-state index contributed by atoms with van der Waals surface area (Å²) in [4.78, 5) is 0. The van der Waals surface area contributed by atoms with Crippen LogP contribution in [0.15, 0.2) is 22.7 Å². The van der Waals surface area contributed by atoms with Crippen molar-refractivity contribution in [3.63, 3.8) is 0 Å². The van der Waals surface area contributed by atoms with Gasteiger partial charge in [-0.1, -0.05) is 31.9 Å². The second-order valence-electron chi connectivity index (χ2n) is 5.18. The number of benzene rings is 1. The first kappa shape index (κ1) is 13.2. The average molecular weight is 317 g/mol. The monoisotopic (exact) mass is 315 g/mol. The smallest absolute Gasteiger partial charge is 0.0549 e. The van der Waals surface area contributed by atoms with Gasteiger partial charge in [0.25, 0.3) is 0 Å². The molecule has 1 fully saturated rings. The molecule has 0 aliphatic heterocycles. The third-order valence-electron chi connectivity index (χ3n) is 3.80. The zero-order valence-corrected chi connectivity index (χ0v) is 12.7. The number of rotatable bonds is 2. The van der Waals surface area contributed by atoms with E-state index < -0.39 is 0 Å². The van der Waals surface area contributed by atoms with Gasteiger partial charge in [0, 0.05) is 16.2 Å². The zero-order chi connectivity index (χ0) is 12.4. The summed E-state index contributed by atoms with van der Waals surface area (Å²) in [6.45, 7) is 4.69. The fourth-order valence-electron chi connectivity index (χ4n) is 2.74. The largest absolute Gasteiger partial charge is 0.382 e. The third-order valence-corrected chi connectivity index (χ3v) is 5.01. The minimum atomic E-state index is 0.580. The summed E-state index contributed by atoms with van der Waals surface area (Å²) >= 11 is 9.48. The van der Waals surface area contributed by atoms with Crippen LogP contribution in [0.5, 0.6) is 0 Å². The van der Waals surface area contributed by atoms with E-state index in [0.717, 1.165) is 27.0 Å². The Morgan fingerprint density at radius 2 is 1.88 bits per heavy atom. The summed E-state index contributed by atoms with van der Waals surface area (Å²) in [7, 11) is 0. The van der Waals surface area contributed by atoms with Gasteiger partial charge in [0.15, 0.2) is 0 Å². The van der Waals surface area contributed by atoms with Gasteiger partial charge in [-0.2, -0.15) is 0 Å². The van der Waals surface area contributed by atoms with Crippen molar-refractivity contribution in [2.75, 3.05) is 5.32 Å². The molecular formula is C14H19BrClN. The van der Waals surface area contributed by atoms with Gasteiger partial charge < -0.3 is 5.32 Å². The van der Waals surface area contributed by atoms with Gasteiger partial charge in [-0.15, -0.1) is 0 Å². The predicted molar refractivity (Wildman–Crippen MR) is 78.7 cm³/mol. The second-order valence-corrected chi connectivity index (χ2v) is 6.45. The summed E-state index contributed by atoms with van der Waals surface area (Å²) < 4.78 is 0.959. The first-order valence-corrected chi connectivity index (χ1v) is 7.46. The van der Waals surface area contributed by atoms with Gasteiger partial charge in [0.2, 0.25) is 0 Å². The SMILES string of the molecule is CC1CCCC(C)C1Nc1ccc(Cl)c(Br)c1. The maximum atomic E-state index is 6.01. The minimum Gasteiger partial charge on any atom is -0.382 e. The number of hydrogen-bond acceptors (Lipinski definition) is 1. The maximum Gasteiger partial charge on any atom is 0.0549 e. The van der Waals surface area contributed by atoms with Crippen molar-refractivity contribution in [3.8, 4) is 0 Å². The first-order valence-electron chi connectivity index (χ1n) is 6.29. The molecule has 0 radical (unpaired) electrons. The van der Waals surface area contributed by atoms with Crippen molar-refractivity contribution in [1.82, 2.24) is 0 Å². The first-order chi connectivity index (χ1) is 8.08. The van der Waals surface area contributed by atoms with Crippen LogP contribution in [0, 0.1) is 11.8 Å². The highest BCUT2D eigenvalue weighted by Gasteiger charge is 2.27. The standard InChI is InChI=1S/C14H19BrClN/c1-9-4-3-5-10(2)14(9)17-11-6-7-13(16)12(15)8-11/h6-10,14,17H,3-5H2,1-2H3. The van der Waals surface area contributed by atoms with Crippen molar-refractivity contribution < 1.29 is 0 Å². The highest BCUT2D eigenvalue weighted by atomic mass is 79.9. The molecular weight excluding hydrogens is 298 g/mol. The van der Waals surface area contributed by atoms with E-state index in [-0.39, 0.29) is 0 Å². The molecule has 1 N–H and O–H groups in total. The van der Waals surface area contributed by atoms with Gasteiger partial charge in [0.05, 0.1) is 5.02 Å². The number of hydrogen-bond donors (Lipinski definition) is 1. The van der Waals surface area contributed by atoms with Crippen LogP contribution < -0.4 is 5.32 Å². The molecule has 1 nitrogen and oxygen atoms in total. The average Bonchev–Trinajstić information content (AvgIpc) is 2.28. The van der Waals surface area contributed by atoms with Crippen LogP contribution >= 0.6 is 27.5 Å². The molecule has 17 heavy (non-hydrogen) atoms. The fraction of sp³-hybridized carbons (Fsp3) is 0.571. The molecule has 3 heteroatoms. The van der Waals surface area contributed by atoms with E-state index in [4.69, 9.17) is 11.6 Å². The molecule has 94 valence electrons. The topological polar surface area (TPSA) is 12.0 Å². The molecule has 0 aromatic heterocycles. The molecule has 1 aliphatic carbocycles. The molecule has 2 rings (SSSR count). The Bertz CT molecular complexity index is 384. The van der Waals surface area contributed by atoms with Crippen LogP contribution in [0.2, 0.25) is 5.02 Å². The second kappa shape index (κ2) is 5.62. The van der Waals surface area contributed by atoms with E-state index in [1.54, 1.807) is 0 Å². The lowest BCUT2D eigenvalue weighted by molar-refractivity contribution is 0.268. The lowest BCUT2D eigenvalue weighted by atomic mass is 9.78. The molecule has 0 saturated heterocycles. The van der Waals surface area contributed by atoms with Gasteiger partial charge >= 0.3 is 0 Å². The third kappa shape index (κ3) is 3.17. The highest BCUT2D eigenvalue weighted by Crippen LogP contribution is 2.33. The van der Waals surface area contributed by atoms with Crippen molar-refractivity contribution in [3.05, 3.63) is 27.7 Å². The van der Waals surface area contributed by atoms with E-state index in [1.807, 2.05) is 6.07 Å². The van der Waals surface area contributed by atoms with E-state index in [0.29, 0.717) is 6.04 Å². The Kier molecular flexibility index (Phi) is 4.37. The normalized spacial score (nSPS) is 29.1. The van der Waals surface area contributed by atoms with Gasteiger partial charge in [-0.05, 0) is 58.8 Å². The fourth-order valence-corrected chi connectivity index (χ4v) is 3.24. The molecule has 1 aliphatic rings. The molecule has 0 heterocycles. The summed E-state index contributed by atoms with van der Waals surface area (Å²) in [5.41, 5.74) is 1.16. The number of anilines is 1. The van der Waals surface area contributed by atoms with E-state index in [9.17, 15) is 0 Å². The van der Waals surface area contributed by atoms with Crippen LogP contribution in [-0.2, 0) is 0 Å². The number of halogens is 2. The number of nitrogens with one attached hydrogen (secondary N) is 1. The summed E-state index contributed by atoms with van der Waals surface area (Å²) in [5.74, 6) is 1.49. The summed E-state index contributed by atoms with van der Waals surface area (Å²) in [6.07, 6.45) is 4.03. The van der Waals surface area contributed by atoms with Crippen LogP contribution in [0.3, 0.4) is 0 Å². The van der Waals surface area contributed by atoms with Crippen molar-refractivity contribution in [1.29, 1.82) is 0 Å². The van der Waals surface area contributed by atoms with Crippen LogP contribution in [0.1, 0.15) is 33.1 Å². The molecule has 1 aromatic rings. The molecule has 0 amide bonds. The predicted octanol–water partition coefficient (Wildman–Crippen LogP) is 5.34.